The zero-order valence-electron chi connectivity index (χ0n) is 19.7. The summed E-state index contributed by atoms with van der Waals surface area (Å²) in [6.45, 7) is 1.81. The molecule has 0 aliphatic carbocycles. The molecular weight excluding hydrogens is 491 g/mol. The van der Waals surface area contributed by atoms with Gasteiger partial charge in [-0.3, -0.25) is 14.2 Å². The Morgan fingerprint density at radius 2 is 1.97 bits per heavy atom. The molecule has 188 valence electrons. The first-order valence-electron chi connectivity index (χ1n) is 11.1. The maximum absolute atomic E-state index is 14.0. The summed E-state index contributed by atoms with van der Waals surface area (Å²) in [6, 6.07) is 2.76. The molecule has 1 amide bonds. The van der Waals surface area contributed by atoms with Gasteiger partial charge in [0.2, 0.25) is 5.91 Å². The van der Waals surface area contributed by atoms with Crippen molar-refractivity contribution in [2.24, 2.45) is 0 Å². The zero-order chi connectivity index (χ0) is 25.7. The van der Waals surface area contributed by atoms with E-state index in [2.05, 4.69) is 10.2 Å². The van der Waals surface area contributed by atoms with E-state index in [4.69, 9.17) is 4.74 Å². The number of carbonyl (C=O) groups excluding carboxylic acids is 1. The minimum absolute atomic E-state index is 0.147. The maximum atomic E-state index is 14.0. The van der Waals surface area contributed by atoms with Crippen LogP contribution in [-0.2, 0) is 11.3 Å². The minimum Gasteiger partial charge on any atom is -0.496 e. The molecule has 1 saturated heterocycles. The van der Waals surface area contributed by atoms with Gasteiger partial charge in [0.1, 0.15) is 33.5 Å². The van der Waals surface area contributed by atoms with Crippen molar-refractivity contribution in [2.75, 3.05) is 20.7 Å². The lowest BCUT2D eigenvalue weighted by molar-refractivity contribution is -0.129. The molecule has 5 rings (SSSR count). The highest BCUT2D eigenvalue weighted by molar-refractivity contribution is 7.21. The van der Waals surface area contributed by atoms with Crippen molar-refractivity contribution >= 4 is 27.5 Å². The molecule has 2 atom stereocenters. The van der Waals surface area contributed by atoms with E-state index < -0.39 is 29.2 Å². The van der Waals surface area contributed by atoms with E-state index >= 15 is 0 Å². The molecule has 1 aliphatic heterocycles. The first kappa shape index (κ1) is 23.9. The lowest BCUT2D eigenvalue weighted by atomic mass is 10.1. The Kier molecular flexibility index (Phi) is 5.96. The van der Waals surface area contributed by atoms with Gasteiger partial charge >= 0.3 is 5.69 Å². The fourth-order valence-electron chi connectivity index (χ4n) is 4.58. The predicted molar refractivity (Wildman–Crippen MR) is 129 cm³/mol. The molecular formula is C23H23FN6O5S. The number of likely N-dealkylation sites (tertiary alicyclic amines) is 1. The van der Waals surface area contributed by atoms with Crippen molar-refractivity contribution in [3.63, 3.8) is 0 Å². The number of aromatic nitrogens is 5. The second-order valence-electron chi connectivity index (χ2n) is 8.57. The first-order valence-corrected chi connectivity index (χ1v) is 12.0. The van der Waals surface area contributed by atoms with Crippen LogP contribution < -0.4 is 16.0 Å². The molecule has 3 aromatic heterocycles. The van der Waals surface area contributed by atoms with E-state index in [9.17, 15) is 23.9 Å². The largest absolute Gasteiger partial charge is 0.496 e. The Hall–Kier alpha value is -3.84. The fraction of sp³-hybridized carbons (Fsp3) is 0.348. The van der Waals surface area contributed by atoms with E-state index in [-0.39, 0.29) is 29.2 Å². The lowest BCUT2D eigenvalue weighted by Gasteiger charge is -2.19. The predicted octanol–water partition coefficient (Wildman–Crippen LogP) is 1.40. The van der Waals surface area contributed by atoms with Crippen molar-refractivity contribution in [3.8, 4) is 10.8 Å². The topological polar surface area (TPSA) is 124 Å². The van der Waals surface area contributed by atoms with Crippen molar-refractivity contribution in [3.05, 3.63) is 68.4 Å². The number of halogens is 1. The van der Waals surface area contributed by atoms with Gasteiger partial charge in [0, 0.05) is 24.7 Å². The molecule has 11 nitrogen and oxygen atoms in total. The molecule has 1 aromatic carbocycles. The van der Waals surface area contributed by atoms with Gasteiger partial charge in [0.15, 0.2) is 0 Å². The van der Waals surface area contributed by atoms with E-state index in [1.807, 2.05) is 0 Å². The smallest absolute Gasteiger partial charge is 0.332 e. The number of amides is 1. The standard InChI is InChI=1S/C23H23FN6O5S/c1-12-18-20(33)29(15-6-9-27(2)19(15)32)23(34)28(22(18)36-21(12)30-25-7-8-26-30)11-16(31)14-10-13(24)4-5-17(14)35-3/h4-5,7-8,10,15-16,31H,6,9,11H2,1-3H3/t15-,16+/m1/s1. The summed E-state index contributed by atoms with van der Waals surface area (Å²) in [4.78, 5) is 43.3. The third kappa shape index (κ3) is 3.71. The number of rotatable bonds is 6. The van der Waals surface area contributed by atoms with Gasteiger partial charge in [-0.25, -0.2) is 13.8 Å². The van der Waals surface area contributed by atoms with E-state index in [1.165, 1.54) is 45.9 Å². The summed E-state index contributed by atoms with van der Waals surface area (Å²) in [5.74, 6) is -0.668. The molecule has 36 heavy (non-hydrogen) atoms. The quantitative estimate of drug-likeness (QED) is 0.412. The van der Waals surface area contributed by atoms with Crippen LogP contribution in [0.15, 0.2) is 40.2 Å². The normalized spacial score (nSPS) is 16.8. The summed E-state index contributed by atoms with van der Waals surface area (Å²) >= 11 is 1.12. The number of thiophene rings is 1. The van der Waals surface area contributed by atoms with Crippen LogP contribution >= 0.6 is 11.3 Å². The first-order chi connectivity index (χ1) is 17.2. The Labute approximate surface area is 207 Å². The van der Waals surface area contributed by atoms with Crippen molar-refractivity contribution < 1.29 is 19.0 Å². The van der Waals surface area contributed by atoms with Crippen LogP contribution in [0.1, 0.15) is 29.7 Å². The van der Waals surface area contributed by atoms with E-state index in [0.717, 1.165) is 22.0 Å². The summed E-state index contributed by atoms with van der Waals surface area (Å²) in [6.07, 6.45) is 1.93. The van der Waals surface area contributed by atoms with Crippen LogP contribution in [0, 0.1) is 12.7 Å². The van der Waals surface area contributed by atoms with Crippen LogP contribution in [-0.4, -0.2) is 60.7 Å². The Bertz CT molecular complexity index is 1590. The summed E-state index contributed by atoms with van der Waals surface area (Å²) in [5.41, 5.74) is -0.647. The average molecular weight is 515 g/mol. The van der Waals surface area contributed by atoms with Crippen LogP contribution in [0.3, 0.4) is 0 Å². The number of hydrogen-bond acceptors (Lipinski definition) is 8. The fourth-order valence-corrected chi connectivity index (χ4v) is 5.80. The molecule has 0 spiro atoms. The number of aliphatic hydroxyl groups excluding tert-OH is 1. The molecule has 0 radical (unpaired) electrons. The van der Waals surface area contributed by atoms with Gasteiger partial charge in [0.05, 0.1) is 31.4 Å². The van der Waals surface area contributed by atoms with Crippen LogP contribution in [0.5, 0.6) is 5.75 Å². The SMILES string of the molecule is COc1ccc(F)cc1[C@@H](O)Cn1c(=O)n([C@@H]2CCN(C)C2=O)c(=O)c2c(C)c(-n3nccn3)sc21. The number of ether oxygens (including phenoxy) is 1. The second kappa shape index (κ2) is 8.99. The number of carbonyl (C=O) groups is 1. The second-order valence-corrected chi connectivity index (χ2v) is 9.54. The number of nitrogens with zero attached hydrogens (tertiary/aromatic N) is 6. The number of likely N-dealkylation sites (N-methyl/N-ethyl adjacent to an activating group) is 1. The minimum atomic E-state index is -1.35. The average Bonchev–Trinajstić information content (AvgIpc) is 3.58. The highest BCUT2D eigenvalue weighted by Gasteiger charge is 2.35. The van der Waals surface area contributed by atoms with Gasteiger partial charge in [0.25, 0.3) is 5.56 Å². The molecule has 1 N–H and O–H groups in total. The number of aryl methyl sites for hydroxylation is 1. The third-order valence-electron chi connectivity index (χ3n) is 6.44. The number of hydrogen-bond donors (Lipinski definition) is 1. The number of aliphatic hydroxyl groups is 1. The Balaban J connectivity index is 1.75. The third-order valence-corrected chi connectivity index (χ3v) is 7.72. The van der Waals surface area contributed by atoms with Crippen LogP contribution in [0.25, 0.3) is 15.2 Å². The maximum Gasteiger partial charge on any atom is 0.332 e. The van der Waals surface area contributed by atoms with Gasteiger partial charge in [-0.05, 0) is 31.5 Å². The summed E-state index contributed by atoms with van der Waals surface area (Å²) in [5, 5.41) is 20.1. The zero-order valence-corrected chi connectivity index (χ0v) is 20.5. The number of fused-ring (bicyclic) bond motifs is 1. The van der Waals surface area contributed by atoms with Crippen molar-refractivity contribution in [1.82, 2.24) is 29.0 Å². The molecule has 4 heterocycles. The highest BCUT2D eigenvalue weighted by atomic mass is 32.1. The summed E-state index contributed by atoms with van der Waals surface area (Å²) in [7, 11) is 3.00. The van der Waals surface area contributed by atoms with Gasteiger partial charge in [-0.15, -0.1) is 4.80 Å². The lowest BCUT2D eigenvalue weighted by Crippen LogP contribution is -2.44. The molecule has 13 heteroatoms. The number of methoxy groups -OCH3 is 1. The van der Waals surface area contributed by atoms with E-state index in [0.29, 0.717) is 28.4 Å². The highest BCUT2D eigenvalue weighted by Crippen LogP contribution is 2.33. The van der Waals surface area contributed by atoms with E-state index in [1.54, 1.807) is 14.0 Å². The molecule has 0 unspecified atom stereocenters. The van der Waals surface area contributed by atoms with Gasteiger partial charge in [-0.1, -0.05) is 11.3 Å². The van der Waals surface area contributed by atoms with Gasteiger partial charge in [-0.2, -0.15) is 10.2 Å². The summed E-state index contributed by atoms with van der Waals surface area (Å²) < 4.78 is 21.5. The molecule has 0 saturated carbocycles. The number of benzene rings is 1. The van der Waals surface area contributed by atoms with Crippen LogP contribution in [0.2, 0.25) is 0 Å². The van der Waals surface area contributed by atoms with Crippen molar-refractivity contribution in [1.29, 1.82) is 0 Å². The van der Waals surface area contributed by atoms with Crippen molar-refractivity contribution in [2.45, 2.75) is 32.0 Å². The Morgan fingerprint density at radius 1 is 1.25 bits per heavy atom. The molecule has 0 bridgehead atoms. The van der Waals surface area contributed by atoms with Gasteiger partial charge < -0.3 is 14.7 Å². The Morgan fingerprint density at radius 3 is 2.61 bits per heavy atom. The molecule has 4 aromatic rings. The monoisotopic (exact) mass is 514 g/mol. The molecule has 1 fully saturated rings. The van der Waals surface area contributed by atoms with Crippen LogP contribution in [0.4, 0.5) is 4.39 Å². The molecule has 1 aliphatic rings.